The minimum Gasteiger partial charge on any atom is -0.484 e. The number of carbonyl (C=O) groups is 3. The number of anilines is 1. The lowest BCUT2D eigenvalue weighted by Gasteiger charge is -2.17. The Kier molecular flexibility index (Phi) is 7.00. The van der Waals surface area contributed by atoms with Gasteiger partial charge in [0.25, 0.3) is 5.91 Å². The van der Waals surface area contributed by atoms with Gasteiger partial charge in [0.1, 0.15) is 12.0 Å². The van der Waals surface area contributed by atoms with Crippen molar-refractivity contribution >= 4 is 47.0 Å². The first-order valence-corrected chi connectivity index (χ1v) is 8.31. The summed E-state index contributed by atoms with van der Waals surface area (Å²) in [5.74, 6) is -0.291. The van der Waals surface area contributed by atoms with Crippen molar-refractivity contribution in [3.63, 3.8) is 0 Å². The summed E-state index contributed by atoms with van der Waals surface area (Å²) in [7, 11) is 1.50. The van der Waals surface area contributed by atoms with E-state index in [0.29, 0.717) is 27.0 Å². The molecule has 0 heterocycles. The van der Waals surface area contributed by atoms with Gasteiger partial charge in [-0.05, 0) is 42.5 Å². The van der Waals surface area contributed by atoms with Crippen molar-refractivity contribution in [2.24, 2.45) is 0 Å². The summed E-state index contributed by atoms with van der Waals surface area (Å²) in [6.07, 6.45) is 0.717. The largest absolute Gasteiger partial charge is 0.484 e. The first-order chi connectivity index (χ1) is 12.4. The molecule has 6 nitrogen and oxygen atoms in total. The third kappa shape index (κ3) is 5.75. The maximum Gasteiger partial charge on any atom is 0.260 e. The molecule has 1 N–H and O–H groups in total. The molecule has 0 saturated heterocycles. The quantitative estimate of drug-likeness (QED) is 0.731. The zero-order chi connectivity index (χ0) is 19.1. The van der Waals surface area contributed by atoms with Crippen LogP contribution in [0.1, 0.15) is 10.4 Å². The molecule has 0 radical (unpaired) electrons. The number of benzene rings is 2. The van der Waals surface area contributed by atoms with Crippen molar-refractivity contribution in [2.75, 3.05) is 25.5 Å². The molecule has 0 aliphatic rings. The Bertz CT molecular complexity index is 809. The molecule has 0 aliphatic heterocycles. The molecule has 26 heavy (non-hydrogen) atoms. The van der Waals surface area contributed by atoms with Crippen LogP contribution in [0.25, 0.3) is 0 Å². The smallest absolute Gasteiger partial charge is 0.260 e. The average Bonchev–Trinajstić information content (AvgIpc) is 2.63. The Morgan fingerprint density at radius 1 is 1.12 bits per heavy atom. The summed E-state index contributed by atoms with van der Waals surface area (Å²) < 4.78 is 5.35. The second kappa shape index (κ2) is 9.22. The molecule has 0 unspecified atom stereocenters. The number of nitrogens with one attached hydrogen (secondary N) is 1. The zero-order valence-corrected chi connectivity index (χ0v) is 15.4. The highest BCUT2D eigenvalue weighted by molar-refractivity contribution is 6.42. The van der Waals surface area contributed by atoms with Gasteiger partial charge in [-0.1, -0.05) is 23.2 Å². The van der Waals surface area contributed by atoms with Crippen LogP contribution in [-0.2, 0) is 9.59 Å². The number of carbonyl (C=O) groups excluding carboxylic acids is 3. The molecule has 0 aromatic heterocycles. The number of nitrogens with zero attached hydrogens (tertiary/aromatic N) is 1. The molecular formula is C18H16Cl2N2O4. The van der Waals surface area contributed by atoms with Crippen molar-refractivity contribution in [3.8, 4) is 5.75 Å². The van der Waals surface area contributed by atoms with Crippen LogP contribution in [0.5, 0.6) is 5.75 Å². The SMILES string of the molecule is CN(CC(=O)Nc1ccc(Cl)c(Cl)c1)C(=O)COc1ccc(C=O)cc1. The minimum atomic E-state index is -0.380. The fourth-order valence-corrected chi connectivity index (χ4v) is 2.27. The van der Waals surface area contributed by atoms with E-state index in [1.165, 1.54) is 18.0 Å². The number of amides is 2. The highest BCUT2D eigenvalue weighted by Gasteiger charge is 2.14. The van der Waals surface area contributed by atoms with Gasteiger partial charge < -0.3 is 15.0 Å². The number of rotatable bonds is 7. The van der Waals surface area contributed by atoms with Crippen LogP contribution in [0.3, 0.4) is 0 Å². The highest BCUT2D eigenvalue weighted by Crippen LogP contribution is 2.24. The van der Waals surface area contributed by atoms with E-state index in [1.807, 2.05) is 0 Å². The van der Waals surface area contributed by atoms with Crippen molar-refractivity contribution in [3.05, 3.63) is 58.1 Å². The Balaban J connectivity index is 1.82. The van der Waals surface area contributed by atoms with Crippen molar-refractivity contribution in [2.45, 2.75) is 0 Å². The van der Waals surface area contributed by atoms with E-state index >= 15 is 0 Å². The van der Waals surface area contributed by atoms with Crippen LogP contribution >= 0.6 is 23.2 Å². The predicted molar refractivity (Wildman–Crippen MR) is 100 cm³/mol. The van der Waals surface area contributed by atoms with E-state index in [0.717, 1.165) is 6.29 Å². The molecule has 8 heteroatoms. The average molecular weight is 395 g/mol. The van der Waals surface area contributed by atoms with Gasteiger partial charge in [-0.25, -0.2) is 0 Å². The van der Waals surface area contributed by atoms with Gasteiger partial charge in [-0.2, -0.15) is 0 Å². The van der Waals surface area contributed by atoms with E-state index in [1.54, 1.807) is 36.4 Å². The molecule has 0 atom stereocenters. The molecule has 0 fully saturated rings. The standard InChI is InChI=1S/C18H16Cl2N2O4/c1-22(9-17(24)21-13-4-7-15(19)16(20)8-13)18(25)11-26-14-5-2-12(10-23)3-6-14/h2-8,10H,9,11H2,1H3,(H,21,24). The van der Waals surface area contributed by atoms with E-state index in [-0.39, 0.29) is 25.0 Å². The summed E-state index contributed by atoms with van der Waals surface area (Å²) in [4.78, 5) is 35.9. The van der Waals surface area contributed by atoms with Crippen molar-refractivity contribution in [1.82, 2.24) is 4.90 Å². The summed E-state index contributed by atoms with van der Waals surface area (Å²) in [6, 6.07) is 11.1. The van der Waals surface area contributed by atoms with Crippen molar-refractivity contribution in [1.29, 1.82) is 0 Å². The Labute approximate surface area is 160 Å². The fourth-order valence-electron chi connectivity index (χ4n) is 1.98. The van der Waals surface area contributed by atoms with Gasteiger partial charge >= 0.3 is 0 Å². The van der Waals surface area contributed by atoms with Gasteiger partial charge in [-0.3, -0.25) is 14.4 Å². The van der Waals surface area contributed by atoms with Gasteiger partial charge in [0, 0.05) is 18.3 Å². The molecule has 0 bridgehead atoms. The van der Waals surface area contributed by atoms with Crippen LogP contribution < -0.4 is 10.1 Å². The molecule has 2 aromatic rings. The molecule has 2 amide bonds. The third-order valence-electron chi connectivity index (χ3n) is 3.39. The lowest BCUT2D eigenvalue weighted by molar-refractivity contribution is -0.135. The molecule has 0 spiro atoms. The molecule has 2 aromatic carbocycles. The Morgan fingerprint density at radius 3 is 2.42 bits per heavy atom. The topological polar surface area (TPSA) is 75.7 Å². The maximum absolute atomic E-state index is 12.1. The Hall–Kier alpha value is -2.57. The number of aldehydes is 1. The number of halogens is 2. The summed E-state index contributed by atoms with van der Waals surface area (Å²) in [6.45, 7) is -0.372. The first kappa shape index (κ1) is 19.8. The summed E-state index contributed by atoms with van der Waals surface area (Å²) in [5, 5.41) is 3.34. The second-order valence-corrected chi connectivity index (χ2v) is 6.22. The van der Waals surface area contributed by atoms with Crippen LogP contribution in [0.15, 0.2) is 42.5 Å². The van der Waals surface area contributed by atoms with Gasteiger partial charge in [0.05, 0.1) is 16.6 Å². The van der Waals surface area contributed by atoms with Gasteiger partial charge in [-0.15, -0.1) is 0 Å². The number of likely N-dealkylation sites (N-methyl/N-ethyl adjacent to an activating group) is 1. The predicted octanol–water partition coefficient (Wildman–Crippen LogP) is 3.28. The minimum absolute atomic E-state index is 0.146. The molecule has 136 valence electrons. The van der Waals surface area contributed by atoms with E-state index in [2.05, 4.69) is 5.32 Å². The second-order valence-electron chi connectivity index (χ2n) is 5.40. The molecule has 0 saturated carbocycles. The van der Waals surface area contributed by atoms with Crippen LogP contribution in [-0.4, -0.2) is 43.2 Å². The number of hydrogen-bond donors (Lipinski definition) is 1. The monoisotopic (exact) mass is 394 g/mol. The maximum atomic E-state index is 12.1. The lowest BCUT2D eigenvalue weighted by atomic mass is 10.2. The highest BCUT2D eigenvalue weighted by atomic mass is 35.5. The van der Waals surface area contributed by atoms with E-state index in [9.17, 15) is 14.4 Å². The summed E-state index contributed by atoms with van der Waals surface area (Å²) in [5.41, 5.74) is 0.997. The lowest BCUT2D eigenvalue weighted by Crippen LogP contribution is -2.37. The Morgan fingerprint density at radius 2 is 1.81 bits per heavy atom. The number of hydrogen-bond acceptors (Lipinski definition) is 4. The van der Waals surface area contributed by atoms with Crippen LogP contribution in [0.2, 0.25) is 10.0 Å². The normalized spacial score (nSPS) is 10.1. The van der Waals surface area contributed by atoms with E-state index in [4.69, 9.17) is 27.9 Å². The van der Waals surface area contributed by atoms with Crippen molar-refractivity contribution < 1.29 is 19.1 Å². The summed E-state index contributed by atoms with van der Waals surface area (Å²) >= 11 is 11.7. The fraction of sp³-hybridized carbons (Fsp3) is 0.167. The first-order valence-electron chi connectivity index (χ1n) is 7.56. The van der Waals surface area contributed by atoms with Gasteiger partial charge in [0.15, 0.2) is 6.61 Å². The molecular weight excluding hydrogens is 379 g/mol. The zero-order valence-electron chi connectivity index (χ0n) is 13.9. The third-order valence-corrected chi connectivity index (χ3v) is 4.13. The van der Waals surface area contributed by atoms with Crippen LogP contribution in [0.4, 0.5) is 5.69 Å². The molecule has 0 aliphatic carbocycles. The van der Waals surface area contributed by atoms with E-state index < -0.39 is 0 Å². The van der Waals surface area contributed by atoms with Crippen LogP contribution in [0, 0.1) is 0 Å². The van der Waals surface area contributed by atoms with Gasteiger partial charge in [0.2, 0.25) is 5.91 Å². The number of ether oxygens (including phenoxy) is 1. The molecule has 2 rings (SSSR count).